The normalized spacial score (nSPS) is 16.9. The molecule has 1 aliphatic rings. The summed E-state index contributed by atoms with van der Waals surface area (Å²) < 4.78 is 11.6. The summed E-state index contributed by atoms with van der Waals surface area (Å²) in [6.45, 7) is 3.27. The van der Waals surface area contributed by atoms with Gasteiger partial charge in [0.05, 0.1) is 6.54 Å². The van der Waals surface area contributed by atoms with E-state index >= 15 is 0 Å². The first-order valence-corrected chi connectivity index (χ1v) is 8.65. The van der Waals surface area contributed by atoms with E-state index in [2.05, 4.69) is 4.98 Å². The van der Waals surface area contributed by atoms with Crippen molar-refractivity contribution >= 4 is 11.7 Å². The molecule has 1 atom stereocenters. The van der Waals surface area contributed by atoms with Crippen molar-refractivity contribution in [2.45, 2.75) is 32.3 Å². The van der Waals surface area contributed by atoms with Crippen molar-refractivity contribution in [3.63, 3.8) is 0 Å². The molecule has 2 aromatic heterocycles. The van der Waals surface area contributed by atoms with E-state index in [0.717, 1.165) is 36.1 Å². The highest BCUT2D eigenvalue weighted by Gasteiger charge is 2.28. The lowest BCUT2D eigenvalue weighted by atomic mass is 10.2. The number of hydrogen-bond donors (Lipinski definition) is 0. The molecular formula is C19H25N3O3. The van der Waals surface area contributed by atoms with Crippen LogP contribution in [0.5, 0.6) is 5.75 Å². The average molecular weight is 343 g/mol. The van der Waals surface area contributed by atoms with Crippen LogP contribution in [0.3, 0.4) is 0 Å². The lowest BCUT2D eigenvalue weighted by Gasteiger charge is -2.20. The van der Waals surface area contributed by atoms with Gasteiger partial charge in [-0.15, -0.1) is 0 Å². The summed E-state index contributed by atoms with van der Waals surface area (Å²) in [6.07, 6.45) is 3.71. The van der Waals surface area contributed by atoms with Gasteiger partial charge >= 0.3 is 0 Å². The van der Waals surface area contributed by atoms with Crippen molar-refractivity contribution in [1.82, 2.24) is 9.88 Å². The second-order valence-corrected chi connectivity index (χ2v) is 6.60. The molecule has 1 amide bonds. The SMILES string of the molecule is Cc1ccc(CCC(=O)N2CC[C@@H](Oc3cccnc3N(C)C)C2)o1. The first-order chi connectivity index (χ1) is 12.0. The number of rotatable bonds is 6. The number of hydrogen-bond acceptors (Lipinski definition) is 5. The molecule has 0 aliphatic carbocycles. The molecule has 1 fully saturated rings. The minimum absolute atomic E-state index is 0.0118. The van der Waals surface area contributed by atoms with E-state index < -0.39 is 0 Å². The summed E-state index contributed by atoms with van der Waals surface area (Å²) in [7, 11) is 3.88. The van der Waals surface area contributed by atoms with Crippen LogP contribution in [-0.4, -0.2) is 49.1 Å². The molecule has 2 aromatic rings. The number of likely N-dealkylation sites (tertiary alicyclic amines) is 1. The Morgan fingerprint density at radius 2 is 2.24 bits per heavy atom. The predicted molar refractivity (Wildman–Crippen MR) is 95.9 cm³/mol. The van der Waals surface area contributed by atoms with Gasteiger partial charge in [-0.1, -0.05) is 0 Å². The Morgan fingerprint density at radius 3 is 2.96 bits per heavy atom. The van der Waals surface area contributed by atoms with Gasteiger partial charge in [-0.05, 0) is 31.2 Å². The van der Waals surface area contributed by atoms with Crippen molar-refractivity contribution in [2.75, 3.05) is 32.1 Å². The number of aromatic nitrogens is 1. The van der Waals surface area contributed by atoms with Gasteiger partial charge in [0.15, 0.2) is 11.6 Å². The van der Waals surface area contributed by atoms with E-state index in [1.165, 1.54) is 0 Å². The van der Waals surface area contributed by atoms with Crippen molar-refractivity contribution in [3.8, 4) is 5.75 Å². The molecule has 0 bridgehead atoms. The number of pyridine rings is 1. The Kier molecular flexibility index (Phi) is 5.26. The molecule has 1 saturated heterocycles. The zero-order valence-electron chi connectivity index (χ0n) is 15.1. The summed E-state index contributed by atoms with van der Waals surface area (Å²) in [5.41, 5.74) is 0. The molecule has 1 aliphatic heterocycles. The number of carbonyl (C=O) groups excluding carboxylic acids is 1. The maximum Gasteiger partial charge on any atom is 0.223 e. The molecule has 6 nitrogen and oxygen atoms in total. The molecule has 0 unspecified atom stereocenters. The summed E-state index contributed by atoms with van der Waals surface area (Å²) in [6, 6.07) is 7.65. The molecule has 25 heavy (non-hydrogen) atoms. The third kappa shape index (κ3) is 4.32. The van der Waals surface area contributed by atoms with E-state index in [4.69, 9.17) is 9.15 Å². The molecule has 0 saturated carbocycles. The standard InChI is InChI=1S/C19H25N3O3/c1-14-6-7-15(24-14)8-9-18(23)22-12-10-16(13-22)25-17-5-4-11-20-19(17)21(2)3/h4-7,11,16H,8-10,12-13H2,1-3H3/t16-/m1/s1. The fraction of sp³-hybridized carbons (Fsp3) is 0.474. The highest BCUT2D eigenvalue weighted by atomic mass is 16.5. The lowest BCUT2D eigenvalue weighted by Crippen LogP contribution is -2.31. The lowest BCUT2D eigenvalue weighted by molar-refractivity contribution is -0.130. The summed E-state index contributed by atoms with van der Waals surface area (Å²) in [5.74, 6) is 3.46. The zero-order chi connectivity index (χ0) is 17.8. The van der Waals surface area contributed by atoms with Crippen molar-refractivity contribution in [2.24, 2.45) is 0 Å². The van der Waals surface area contributed by atoms with E-state index in [-0.39, 0.29) is 12.0 Å². The monoisotopic (exact) mass is 343 g/mol. The Morgan fingerprint density at radius 1 is 1.40 bits per heavy atom. The van der Waals surface area contributed by atoms with E-state index in [1.54, 1.807) is 6.20 Å². The molecular weight excluding hydrogens is 318 g/mol. The average Bonchev–Trinajstić information content (AvgIpc) is 3.22. The molecule has 0 spiro atoms. The van der Waals surface area contributed by atoms with Gasteiger partial charge in [0.2, 0.25) is 5.91 Å². The largest absolute Gasteiger partial charge is 0.485 e. The number of anilines is 1. The van der Waals surface area contributed by atoms with E-state index in [0.29, 0.717) is 19.4 Å². The number of nitrogens with zero attached hydrogens (tertiary/aromatic N) is 3. The van der Waals surface area contributed by atoms with Gasteiger partial charge in [-0.2, -0.15) is 0 Å². The van der Waals surface area contributed by atoms with Crippen LogP contribution in [0.4, 0.5) is 5.82 Å². The summed E-state index contributed by atoms with van der Waals surface area (Å²) >= 11 is 0. The summed E-state index contributed by atoms with van der Waals surface area (Å²) in [5, 5.41) is 0. The maximum absolute atomic E-state index is 12.4. The first-order valence-electron chi connectivity index (χ1n) is 8.65. The first kappa shape index (κ1) is 17.3. The van der Waals surface area contributed by atoms with Crippen LogP contribution in [-0.2, 0) is 11.2 Å². The highest BCUT2D eigenvalue weighted by molar-refractivity contribution is 5.76. The maximum atomic E-state index is 12.4. The van der Waals surface area contributed by atoms with Gasteiger partial charge in [0, 0.05) is 46.1 Å². The number of amides is 1. The molecule has 0 radical (unpaired) electrons. The van der Waals surface area contributed by atoms with Gasteiger partial charge < -0.3 is 19.0 Å². The van der Waals surface area contributed by atoms with Crippen molar-refractivity contribution < 1.29 is 13.9 Å². The molecule has 3 rings (SSSR count). The number of aryl methyl sites for hydroxylation is 2. The number of furan rings is 1. The molecule has 0 N–H and O–H groups in total. The van der Waals surface area contributed by atoms with Crippen molar-refractivity contribution in [1.29, 1.82) is 0 Å². The van der Waals surface area contributed by atoms with Gasteiger partial charge in [-0.3, -0.25) is 4.79 Å². The number of ether oxygens (including phenoxy) is 1. The molecule has 3 heterocycles. The van der Waals surface area contributed by atoms with Crippen LogP contribution in [0.15, 0.2) is 34.9 Å². The predicted octanol–water partition coefficient (Wildman–Crippen LogP) is 2.66. The topological polar surface area (TPSA) is 58.8 Å². The van der Waals surface area contributed by atoms with Gasteiger partial charge in [0.1, 0.15) is 17.6 Å². The fourth-order valence-corrected chi connectivity index (χ4v) is 3.05. The quantitative estimate of drug-likeness (QED) is 0.807. The third-order valence-corrected chi connectivity index (χ3v) is 4.35. The minimum atomic E-state index is 0.0118. The van der Waals surface area contributed by atoms with Crippen molar-refractivity contribution in [3.05, 3.63) is 42.0 Å². The van der Waals surface area contributed by atoms with Gasteiger partial charge in [0.25, 0.3) is 0 Å². The zero-order valence-corrected chi connectivity index (χ0v) is 15.1. The summed E-state index contributed by atoms with van der Waals surface area (Å²) in [4.78, 5) is 20.6. The minimum Gasteiger partial charge on any atom is -0.485 e. The molecule has 134 valence electrons. The van der Waals surface area contributed by atoms with Crippen LogP contribution in [0, 0.1) is 6.92 Å². The third-order valence-electron chi connectivity index (χ3n) is 4.35. The Bertz CT molecular complexity index is 726. The smallest absolute Gasteiger partial charge is 0.223 e. The van der Waals surface area contributed by atoms with E-state index in [9.17, 15) is 4.79 Å². The second kappa shape index (κ2) is 7.59. The van der Waals surface area contributed by atoms with Crippen LogP contribution in [0.25, 0.3) is 0 Å². The highest BCUT2D eigenvalue weighted by Crippen LogP contribution is 2.26. The van der Waals surface area contributed by atoms with Crippen LogP contribution >= 0.6 is 0 Å². The Labute approximate surface area is 148 Å². The second-order valence-electron chi connectivity index (χ2n) is 6.60. The Balaban J connectivity index is 1.52. The number of carbonyl (C=O) groups is 1. The Hall–Kier alpha value is -2.50. The van der Waals surface area contributed by atoms with Crippen LogP contribution < -0.4 is 9.64 Å². The van der Waals surface area contributed by atoms with E-state index in [1.807, 2.05) is 55.1 Å². The fourth-order valence-electron chi connectivity index (χ4n) is 3.05. The molecule has 0 aromatic carbocycles. The van der Waals surface area contributed by atoms with Crippen LogP contribution in [0.2, 0.25) is 0 Å². The van der Waals surface area contributed by atoms with Gasteiger partial charge in [-0.25, -0.2) is 4.98 Å². The van der Waals surface area contributed by atoms with Crippen LogP contribution in [0.1, 0.15) is 24.4 Å². The molecule has 6 heteroatoms.